The number of benzene rings is 1. The van der Waals surface area contributed by atoms with Gasteiger partial charge in [-0.25, -0.2) is 5.06 Å². The molecule has 18 heavy (non-hydrogen) atoms. The number of hydroxylamine groups is 2. The summed E-state index contributed by atoms with van der Waals surface area (Å²) < 4.78 is 5.37. The van der Waals surface area contributed by atoms with E-state index in [-0.39, 0.29) is 14.6 Å². The van der Waals surface area contributed by atoms with Gasteiger partial charge < -0.3 is 4.52 Å². The molecule has 5 heteroatoms. The topological polar surface area (TPSA) is 38.8 Å². The molecule has 0 heterocycles. The second-order valence-corrected chi connectivity index (χ2v) is 4.89. The molecule has 0 saturated carbocycles. The molecule has 100 valence electrons. The molecule has 0 bridgehead atoms. The van der Waals surface area contributed by atoms with Crippen molar-refractivity contribution < 1.29 is 14.2 Å². The molecule has 1 aromatic carbocycles. The van der Waals surface area contributed by atoms with Gasteiger partial charge in [-0.3, -0.25) is 9.63 Å². The van der Waals surface area contributed by atoms with Crippen molar-refractivity contribution in [1.82, 2.24) is 5.06 Å². The van der Waals surface area contributed by atoms with Crippen molar-refractivity contribution in [2.24, 2.45) is 0 Å². The molecule has 0 saturated heterocycles. The molecule has 2 atom stereocenters. The van der Waals surface area contributed by atoms with Gasteiger partial charge in [-0.2, -0.15) is 0 Å². The third-order valence-corrected chi connectivity index (χ3v) is 3.77. The van der Waals surface area contributed by atoms with Crippen LogP contribution in [-0.2, 0) is 20.8 Å². The molecule has 0 N–H and O–H groups in total. The molecule has 0 aromatic heterocycles. The van der Waals surface area contributed by atoms with Crippen LogP contribution < -0.4 is 0 Å². The first-order valence-electron chi connectivity index (χ1n) is 6.09. The van der Waals surface area contributed by atoms with Gasteiger partial charge in [-0.05, 0) is 18.9 Å². The lowest BCUT2D eigenvalue weighted by Crippen LogP contribution is -2.30. The third-order valence-electron chi connectivity index (χ3n) is 2.38. The highest BCUT2D eigenvalue weighted by atomic mass is 31.1. The van der Waals surface area contributed by atoms with Crippen LogP contribution in [0, 0.1) is 0 Å². The minimum atomic E-state index is -0.00818. The van der Waals surface area contributed by atoms with Crippen LogP contribution in [0.25, 0.3) is 0 Å². The summed E-state index contributed by atoms with van der Waals surface area (Å²) in [6.07, 6.45) is 1.54. The summed E-state index contributed by atoms with van der Waals surface area (Å²) in [6, 6.07) is 9.78. The van der Waals surface area contributed by atoms with Crippen molar-refractivity contribution in [1.29, 1.82) is 0 Å². The molecule has 1 rings (SSSR count). The predicted molar refractivity (Wildman–Crippen MR) is 73.2 cm³/mol. The van der Waals surface area contributed by atoms with Crippen LogP contribution in [0.4, 0.5) is 0 Å². The Hall–Kier alpha value is -0.960. The highest BCUT2D eigenvalue weighted by Gasteiger charge is 2.16. The van der Waals surface area contributed by atoms with Gasteiger partial charge in [0.05, 0.1) is 0 Å². The number of carbonyl (C=O) groups is 1. The minimum Gasteiger partial charge on any atom is -0.361 e. The summed E-state index contributed by atoms with van der Waals surface area (Å²) >= 11 is 0. The van der Waals surface area contributed by atoms with Crippen molar-refractivity contribution in [3.05, 3.63) is 35.9 Å². The Morgan fingerprint density at radius 2 is 2.06 bits per heavy atom. The first-order valence-corrected chi connectivity index (χ1v) is 7.08. The van der Waals surface area contributed by atoms with Crippen LogP contribution in [0.2, 0.25) is 0 Å². The van der Waals surface area contributed by atoms with Gasteiger partial charge in [0.15, 0.2) is 0 Å². The quantitative estimate of drug-likeness (QED) is 0.393. The number of carbonyl (C=O) groups excluding carboxylic acids is 1. The molecule has 0 aliphatic rings. The number of nitrogens with zero attached hydrogens (tertiary/aromatic N) is 1. The second kappa shape index (κ2) is 9.03. The summed E-state index contributed by atoms with van der Waals surface area (Å²) in [6.45, 7) is 5.00. The van der Waals surface area contributed by atoms with E-state index < -0.39 is 0 Å². The normalized spacial score (nSPS) is 12.8. The molecule has 2 unspecified atom stereocenters. The number of hydrogen-bond donors (Lipinski definition) is 0. The Balaban J connectivity index is 2.47. The highest BCUT2D eigenvalue weighted by molar-refractivity contribution is 7.33. The summed E-state index contributed by atoms with van der Waals surface area (Å²) in [5.74, 6) is -0.00818. The molecule has 1 amide bonds. The van der Waals surface area contributed by atoms with Gasteiger partial charge in [0.1, 0.15) is 12.4 Å². The molecular weight excluding hydrogens is 249 g/mol. The maximum absolute atomic E-state index is 11.0. The summed E-state index contributed by atoms with van der Waals surface area (Å²) in [5, 5.41) is 1.36. The predicted octanol–water partition coefficient (Wildman–Crippen LogP) is 2.94. The van der Waals surface area contributed by atoms with E-state index >= 15 is 0 Å². The van der Waals surface area contributed by atoms with E-state index in [9.17, 15) is 4.79 Å². The third kappa shape index (κ3) is 5.13. The van der Waals surface area contributed by atoms with Crippen LogP contribution in [0.1, 0.15) is 25.8 Å². The number of rotatable bonds is 9. The van der Waals surface area contributed by atoms with Crippen molar-refractivity contribution >= 4 is 15.2 Å². The van der Waals surface area contributed by atoms with Gasteiger partial charge in [0.2, 0.25) is 6.41 Å². The van der Waals surface area contributed by atoms with Crippen molar-refractivity contribution in [3.63, 3.8) is 0 Å². The van der Waals surface area contributed by atoms with Crippen LogP contribution in [0.15, 0.2) is 30.3 Å². The highest BCUT2D eigenvalue weighted by Crippen LogP contribution is 2.26. The Morgan fingerprint density at radius 1 is 1.33 bits per heavy atom. The molecule has 0 radical (unpaired) electrons. The fourth-order valence-electron chi connectivity index (χ4n) is 1.41. The van der Waals surface area contributed by atoms with E-state index in [0.717, 1.165) is 18.4 Å². The molecule has 0 aliphatic carbocycles. The van der Waals surface area contributed by atoms with Gasteiger partial charge in [0, 0.05) is 15.4 Å². The van der Waals surface area contributed by atoms with E-state index in [1.165, 1.54) is 5.06 Å². The fraction of sp³-hybridized carbons (Fsp3) is 0.462. The van der Waals surface area contributed by atoms with Crippen LogP contribution in [-0.4, -0.2) is 23.9 Å². The van der Waals surface area contributed by atoms with E-state index in [1.54, 1.807) is 0 Å². The van der Waals surface area contributed by atoms with Gasteiger partial charge in [0.25, 0.3) is 0 Å². The lowest BCUT2D eigenvalue weighted by molar-refractivity contribution is -0.182. The zero-order chi connectivity index (χ0) is 13.2. The minimum absolute atomic E-state index is 0.00818. The first kappa shape index (κ1) is 15.1. The molecule has 1 aromatic rings. The second-order valence-electron chi connectivity index (χ2n) is 3.70. The number of hydrogen-bond acceptors (Lipinski definition) is 3. The summed E-state index contributed by atoms with van der Waals surface area (Å²) in [7, 11) is 0.248. The Labute approximate surface area is 110 Å². The Morgan fingerprint density at radius 3 is 2.61 bits per heavy atom. The first-order chi connectivity index (χ1) is 8.81. The molecule has 0 spiro atoms. The van der Waals surface area contributed by atoms with Gasteiger partial charge in [-0.1, -0.05) is 37.3 Å². The van der Waals surface area contributed by atoms with Crippen molar-refractivity contribution in [2.75, 3.05) is 6.61 Å². The fourth-order valence-corrected chi connectivity index (χ4v) is 2.18. The molecule has 4 nitrogen and oxygen atoms in total. The Bertz CT molecular complexity index is 334. The van der Waals surface area contributed by atoms with Gasteiger partial charge >= 0.3 is 0 Å². The summed E-state index contributed by atoms with van der Waals surface area (Å²) in [4.78, 5) is 16.6. The summed E-state index contributed by atoms with van der Waals surface area (Å²) in [5.41, 5.74) is 1.04. The van der Waals surface area contributed by atoms with Crippen molar-refractivity contribution in [3.8, 4) is 0 Å². The van der Waals surface area contributed by atoms with Crippen LogP contribution in [0.5, 0.6) is 0 Å². The Kier molecular flexibility index (Phi) is 7.58. The smallest absolute Gasteiger partial charge is 0.234 e. The maximum atomic E-state index is 11.0. The molecule has 0 fully saturated rings. The zero-order valence-electron chi connectivity index (χ0n) is 10.8. The van der Waals surface area contributed by atoms with Gasteiger partial charge in [-0.15, -0.1) is 0 Å². The van der Waals surface area contributed by atoms with E-state index in [2.05, 4.69) is 0 Å². The zero-order valence-corrected chi connectivity index (χ0v) is 11.8. The van der Waals surface area contributed by atoms with Crippen LogP contribution >= 0.6 is 8.81 Å². The largest absolute Gasteiger partial charge is 0.361 e. The van der Waals surface area contributed by atoms with Crippen molar-refractivity contribution in [2.45, 2.75) is 32.7 Å². The van der Waals surface area contributed by atoms with Crippen LogP contribution in [0.3, 0.4) is 0 Å². The van der Waals surface area contributed by atoms with E-state index in [4.69, 9.17) is 9.36 Å². The SMILES string of the molecule is CCOPC(CC)N(C=O)OCc1ccccc1. The average molecular weight is 269 g/mol. The monoisotopic (exact) mass is 269 g/mol. The van der Waals surface area contributed by atoms with E-state index in [0.29, 0.717) is 13.2 Å². The lowest BCUT2D eigenvalue weighted by atomic mass is 10.2. The maximum Gasteiger partial charge on any atom is 0.234 e. The lowest BCUT2D eigenvalue weighted by Gasteiger charge is -2.25. The molecular formula is C13H20NO3P. The molecule has 0 aliphatic heterocycles. The average Bonchev–Trinajstić information content (AvgIpc) is 2.43. The van der Waals surface area contributed by atoms with E-state index in [1.807, 2.05) is 44.2 Å². The number of amides is 1. The standard InChI is InChI=1S/C13H20NO3P/c1-3-13(18-17-4-2)14(11-15)16-10-12-8-6-5-7-9-12/h5-9,11,13,18H,3-4,10H2,1-2H3.